The van der Waals surface area contributed by atoms with Crippen LogP contribution in [-0.4, -0.2) is 68.3 Å². The van der Waals surface area contributed by atoms with Crippen molar-refractivity contribution in [1.29, 1.82) is 0 Å². The lowest BCUT2D eigenvalue weighted by Crippen LogP contribution is -2.48. The first kappa shape index (κ1) is 19.9. The molecule has 1 fully saturated rings. The van der Waals surface area contributed by atoms with Gasteiger partial charge in [-0.15, -0.1) is 0 Å². The molecule has 0 radical (unpaired) electrons. The largest absolute Gasteiger partial charge is 0.339 e. The second-order valence-electron chi connectivity index (χ2n) is 8.57. The van der Waals surface area contributed by atoms with Crippen LogP contribution in [0.2, 0.25) is 0 Å². The van der Waals surface area contributed by atoms with Crippen molar-refractivity contribution in [1.82, 2.24) is 29.2 Å². The molecule has 0 spiro atoms. The van der Waals surface area contributed by atoms with Gasteiger partial charge in [-0.1, -0.05) is 6.07 Å². The van der Waals surface area contributed by atoms with Crippen molar-refractivity contribution in [2.45, 2.75) is 38.8 Å². The number of nitrogens with zero attached hydrogens (tertiary/aromatic N) is 7. The summed E-state index contributed by atoms with van der Waals surface area (Å²) in [5.41, 5.74) is 4.52. The van der Waals surface area contributed by atoms with Crippen molar-refractivity contribution >= 4 is 17.5 Å². The third-order valence-corrected chi connectivity index (χ3v) is 6.53. The maximum atomic E-state index is 11.6. The first-order chi connectivity index (χ1) is 15.1. The number of carbonyl (C=O) groups is 1. The molecule has 0 N–H and O–H groups in total. The normalized spacial score (nSPS) is 19.1. The number of hydrogen-bond donors (Lipinski definition) is 0. The lowest BCUT2D eigenvalue weighted by molar-refractivity contribution is -0.129. The minimum Gasteiger partial charge on any atom is -0.339 e. The smallest absolute Gasteiger partial charge is 0.219 e. The lowest BCUT2D eigenvalue weighted by atomic mass is 9.91. The Hall–Kier alpha value is -3.00. The van der Waals surface area contributed by atoms with Gasteiger partial charge in [-0.3, -0.25) is 19.1 Å². The zero-order chi connectivity index (χ0) is 21.4. The highest BCUT2D eigenvalue weighted by atomic mass is 16.2. The molecule has 1 amide bonds. The van der Waals surface area contributed by atoms with Gasteiger partial charge in [-0.2, -0.15) is 0 Å². The van der Waals surface area contributed by atoms with E-state index in [1.165, 1.54) is 17.7 Å². The van der Waals surface area contributed by atoms with Crippen LogP contribution in [0.25, 0.3) is 5.65 Å². The van der Waals surface area contributed by atoms with E-state index in [1.807, 2.05) is 29.4 Å². The molecule has 0 bridgehead atoms. The van der Waals surface area contributed by atoms with E-state index in [2.05, 4.69) is 43.5 Å². The maximum absolute atomic E-state index is 11.6. The minimum absolute atomic E-state index is 0.137. The number of imidazole rings is 1. The predicted octanol–water partition coefficient (Wildman–Crippen LogP) is 2.30. The molecule has 4 heterocycles. The van der Waals surface area contributed by atoms with Crippen LogP contribution in [0, 0.1) is 0 Å². The van der Waals surface area contributed by atoms with Gasteiger partial charge in [0.1, 0.15) is 5.65 Å². The molecule has 1 atom stereocenters. The second-order valence-corrected chi connectivity index (χ2v) is 8.57. The number of carbonyl (C=O) groups excluding carboxylic acids is 1. The first-order valence-electron chi connectivity index (χ1n) is 11.1. The summed E-state index contributed by atoms with van der Waals surface area (Å²) in [7, 11) is 2.17. The molecule has 1 aliphatic carbocycles. The molecule has 8 heteroatoms. The summed E-state index contributed by atoms with van der Waals surface area (Å²) < 4.78 is 2.08. The Bertz CT molecular complexity index is 1090. The number of pyridine rings is 1. The summed E-state index contributed by atoms with van der Waals surface area (Å²) in [5.74, 6) is 1.03. The van der Waals surface area contributed by atoms with Gasteiger partial charge in [0.05, 0.1) is 17.4 Å². The summed E-state index contributed by atoms with van der Waals surface area (Å²) in [5, 5.41) is 0. The Morgan fingerprint density at radius 1 is 1.16 bits per heavy atom. The van der Waals surface area contributed by atoms with Crippen LogP contribution in [0.4, 0.5) is 5.95 Å². The summed E-state index contributed by atoms with van der Waals surface area (Å²) in [6, 6.07) is 6.52. The minimum atomic E-state index is 0.137. The number of aryl methyl sites for hydroxylation is 1. The third-order valence-electron chi connectivity index (χ3n) is 6.53. The predicted molar refractivity (Wildman–Crippen MR) is 119 cm³/mol. The number of hydrogen-bond acceptors (Lipinski definition) is 6. The summed E-state index contributed by atoms with van der Waals surface area (Å²) in [6.07, 6.45) is 9.27. The SMILES string of the molecule is CC(=O)N1CCN(c2nccc3nc(CN(C)[C@H]4CCCc5cccnc54)cn23)CC1. The van der Waals surface area contributed by atoms with Crippen LogP contribution in [0.15, 0.2) is 36.8 Å². The van der Waals surface area contributed by atoms with Gasteiger partial charge >= 0.3 is 0 Å². The average molecular weight is 420 g/mol. The van der Waals surface area contributed by atoms with E-state index in [0.29, 0.717) is 6.04 Å². The van der Waals surface area contributed by atoms with Gasteiger partial charge < -0.3 is 9.80 Å². The van der Waals surface area contributed by atoms with E-state index in [-0.39, 0.29) is 5.91 Å². The average Bonchev–Trinajstić information content (AvgIpc) is 3.21. The van der Waals surface area contributed by atoms with E-state index in [4.69, 9.17) is 4.98 Å². The molecule has 0 aromatic carbocycles. The van der Waals surface area contributed by atoms with Crippen LogP contribution in [0.5, 0.6) is 0 Å². The molecule has 0 unspecified atom stereocenters. The molecule has 1 saturated heterocycles. The number of anilines is 1. The molecule has 0 saturated carbocycles. The Morgan fingerprint density at radius 2 is 2.00 bits per heavy atom. The number of piperazine rings is 1. The number of rotatable bonds is 4. The van der Waals surface area contributed by atoms with E-state index < -0.39 is 0 Å². The van der Waals surface area contributed by atoms with Crippen molar-refractivity contribution in [3.63, 3.8) is 0 Å². The monoisotopic (exact) mass is 419 g/mol. The van der Waals surface area contributed by atoms with Gasteiger partial charge in [-0.25, -0.2) is 9.97 Å². The zero-order valence-corrected chi connectivity index (χ0v) is 18.2. The highest BCUT2D eigenvalue weighted by Gasteiger charge is 2.26. The fraction of sp³-hybridized carbons (Fsp3) is 0.478. The van der Waals surface area contributed by atoms with Gasteiger partial charge in [0.15, 0.2) is 0 Å². The molecule has 3 aromatic heterocycles. The summed E-state index contributed by atoms with van der Waals surface area (Å²) in [4.78, 5) is 32.3. The third kappa shape index (κ3) is 3.87. The van der Waals surface area contributed by atoms with Gasteiger partial charge in [-0.05, 0) is 44.0 Å². The Balaban J connectivity index is 1.35. The lowest BCUT2D eigenvalue weighted by Gasteiger charge is -2.34. The highest BCUT2D eigenvalue weighted by molar-refractivity contribution is 5.73. The van der Waals surface area contributed by atoms with E-state index in [9.17, 15) is 4.79 Å². The Kier molecular flexibility index (Phi) is 5.31. The van der Waals surface area contributed by atoms with Crippen molar-refractivity contribution in [2.75, 3.05) is 38.1 Å². The molecule has 2 aliphatic rings. The highest BCUT2D eigenvalue weighted by Crippen LogP contribution is 2.32. The topological polar surface area (TPSA) is 69.9 Å². The fourth-order valence-electron chi connectivity index (χ4n) is 4.87. The fourth-order valence-corrected chi connectivity index (χ4v) is 4.87. The van der Waals surface area contributed by atoms with Gasteiger partial charge in [0.25, 0.3) is 0 Å². The van der Waals surface area contributed by atoms with Crippen molar-refractivity contribution in [2.24, 2.45) is 0 Å². The Labute approximate surface area is 182 Å². The van der Waals surface area contributed by atoms with Gasteiger partial charge in [0, 0.05) is 58.2 Å². The molecule has 31 heavy (non-hydrogen) atoms. The standard InChI is InChI=1S/C23H29N7O/c1-17(31)28-11-13-29(14-12-28)23-25-10-8-21-26-19(16-30(21)23)15-27(2)20-7-3-5-18-6-4-9-24-22(18)20/h4,6,8-10,16,20H,3,5,7,11-15H2,1-2H3/t20-/m0/s1. The molecule has 1 aliphatic heterocycles. The van der Waals surface area contributed by atoms with Crippen LogP contribution in [0.3, 0.4) is 0 Å². The van der Waals surface area contributed by atoms with Crippen molar-refractivity contribution in [3.05, 3.63) is 53.7 Å². The zero-order valence-electron chi connectivity index (χ0n) is 18.2. The quantitative estimate of drug-likeness (QED) is 0.646. The van der Waals surface area contributed by atoms with Crippen LogP contribution in [0.1, 0.15) is 42.8 Å². The van der Waals surface area contributed by atoms with E-state index in [0.717, 1.165) is 62.9 Å². The molecule has 5 rings (SSSR count). The number of amides is 1. The number of aromatic nitrogens is 4. The van der Waals surface area contributed by atoms with Crippen LogP contribution >= 0.6 is 0 Å². The molecular weight excluding hydrogens is 390 g/mol. The van der Waals surface area contributed by atoms with Crippen LogP contribution < -0.4 is 4.90 Å². The molecule has 3 aromatic rings. The van der Waals surface area contributed by atoms with Crippen LogP contribution in [-0.2, 0) is 17.8 Å². The molecular formula is C23H29N7O. The van der Waals surface area contributed by atoms with E-state index >= 15 is 0 Å². The maximum Gasteiger partial charge on any atom is 0.219 e. The second kappa shape index (κ2) is 8.26. The molecule has 8 nitrogen and oxygen atoms in total. The molecule has 162 valence electrons. The van der Waals surface area contributed by atoms with Crippen molar-refractivity contribution < 1.29 is 4.79 Å². The van der Waals surface area contributed by atoms with Gasteiger partial charge in [0.2, 0.25) is 11.9 Å². The first-order valence-corrected chi connectivity index (χ1v) is 11.1. The summed E-state index contributed by atoms with van der Waals surface area (Å²) >= 11 is 0. The van der Waals surface area contributed by atoms with Crippen molar-refractivity contribution in [3.8, 4) is 0 Å². The number of fused-ring (bicyclic) bond motifs is 2. The Morgan fingerprint density at radius 3 is 2.81 bits per heavy atom. The van der Waals surface area contributed by atoms with E-state index in [1.54, 1.807) is 6.92 Å². The summed E-state index contributed by atoms with van der Waals surface area (Å²) in [6.45, 7) is 5.41.